The molecular formula is C11H11Br2N5O. The predicted molar refractivity (Wildman–Crippen MR) is 80.7 cm³/mol. The van der Waals surface area contributed by atoms with E-state index in [1.54, 1.807) is 11.0 Å². The molecule has 1 aliphatic heterocycles. The molecule has 100 valence electrons. The van der Waals surface area contributed by atoms with Crippen molar-refractivity contribution in [2.45, 2.75) is 6.42 Å². The van der Waals surface area contributed by atoms with Gasteiger partial charge in [0.25, 0.3) is 0 Å². The van der Waals surface area contributed by atoms with E-state index in [-0.39, 0.29) is 11.8 Å². The fourth-order valence-electron chi connectivity index (χ4n) is 2.07. The standard InChI is InChI=1S/C11H11Br2N5O/c12-7-2-9(14)10(3-8(7)13)18-5-6(1-11(18)19)4-16-17-15/h2-3,6H,1,4-5,14H2. The van der Waals surface area contributed by atoms with Gasteiger partial charge in [0.2, 0.25) is 5.91 Å². The lowest BCUT2D eigenvalue weighted by Gasteiger charge is -2.19. The molecule has 0 radical (unpaired) electrons. The first-order valence-electron chi connectivity index (χ1n) is 5.58. The van der Waals surface area contributed by atoms with Gasteiger partial charge in [-0.05, 0) is 55.4 Å². The number of nitrogens with two attached hydrogens (primary N) is 1. The van der Waals surface area contributed by atoms with Crippen LogP contribution in [0.5, 0.6) is 0 Å². The van der Waals surface area contributed by atoms with Crippen molar-refractivity contribution in [3.05, 3.63) is 31.5 Å². The van der Waals surface area contributed by atoms with Gasteiger partial charge < -0.3 is 10.6 Å². The van der Waals surface area contributed by atoms with E-state index in [2.05, 4.69) is 41.9 Å². The molecule has 0 spiro atoms. The highest BCUT2D eigenvalue weighted by molar-refractivity contribution is 9.13. The zero-order valence-corrected chi connectivity index (χ0v) is 13.1. The van der Waals surface area contributed by atoms with Crippen molar-refractivity contribution >= 4 is 49.1 Å². The summed E-state index contributed by atoms with van der Waals surface area (Å²) in [5.74, 6) is 0.0456. The van der Waals surface area contributed by atoms with Gasteiger partial charge in [0.05, 0.1) is 11.4 Å². The monoisotopic (exact) mass is 387 g/mol. The molecule has 1 fully saturated rings. The molecule has 1 aromatic carbocycles. The Morgan fingerprint density at radius 3 is 2.84 bits per heavy atom. The Bertz CT molecular complexity index is 570. The van der Waals surface area contributed by atoms with Crippen LogP contribution in [-0.2, 0) is 4.79 Å². The zero-order chi connectivity index (χ0) is 14.0. The minimum atomic E-state index is -0.000868. The van der Waals surface area contributed by atoms with Crippen LogP contribution < -0.4 is 10.6 Å². The van der Waals surface area contributed by atoms with Gasteiger partial charge >= 0.3 is 0 Å². The second kappa shape index (κ2) is 5.81. The van der Waals surface area contributed by atoms with E-state index in [9.17, 15) is 4.79 Å². The Morgan fingerprint density at radius 1 is 1.47 bits per heavy atom. The van der Waals surface area contributed by atoms with Crippen molar-refractivity contribution in [1.82, 2.24) is 0 Å². The van der Waals surface area contributed by atoms with E-state index in [4.69, 9.17) is 11.3 Å². The number of hydrogen-bond donors (Lipinski definition) is 1. The van der Waals surface area contributed by atoms with Crippen LogP contribution >= 0.6 is 31.9 Å². The van der Waals surface area contributed by atoms with Gasteiger partial charge in [0.1, 0.15) is 0 Å². The van der Waals surface area contributed by atoms with Crippen LogP contribution in [0.1, 0.15) is 6.42 Å². The number of amides is 1. The number of nitrogens with zero attached hydrogens (tertiary/aromatic N) is 4. The van der Waals surface area contributed by atoms with Crippen molar-refractivity contribution < 1.29 is 4.79 Å². The van der Waals surface area contributed by atoms with Gasteiger partial charge in [-0.25, -0.2) is 0 Å². The maximum Gasteiger partial charge on any atom is 0.227 e. The first-order chi connectivity index (χ1) is 9.02. The normalized spacial score (nSPS) is 18.5. The number of nitrogen functional groups attached to an aromatic ring is 1. The van der Waals surface area contributed by atoms with E-state index in [0.29, 0.717) is 30.9 Å². The molecule has 1 unspecified atom stereocenters. The third-order valence-corrected chi connectivity index (χ3v) is 4.81. The molecule has 1 amide bonds. The number of rotatable bonds is 3. The summed E-state index contributed by atoms with van der Waals surface area (Å²) in [6.07, 6.45) is 0.381. The molecule has 2 N–H and O–H groups in total. The molecule has 8 heteroatoms. The maximum absolute atomic E-state index is 12.0. The van der Waals surface area contributed by atoms with Gasteiger partial charge in [-0.1, -0.05) is 5.11 Å². The zero-order valence-electron chi connectivity index (χ0n) is 9.88. The smallest absolute Gasteiger partial charge is 0.227 e. The lowest BCUT2D eigenvalue weighted by Crippen LogP contribution is -2.25. The summed E-state index contributed by atoms with van der Waals surface area (Å²) in [7, 11) is 0. The average molecular weight is 389 g/mol. The summed E-state index contributed by atoms with van der Waals surface area (Å²) in [5.41, 5.74) is 15.5. The Kier molecular flexibility index (Phi) is 4.34. The van der Waals surface area contributed by atoms with E-state index in [1.165, 1.54) is 0 Å². The highest BCUT2D eigenvalue weighted by Crippen LogP contribution is 2.36. The second-order valence-corrected chi connectivity index (χ2v) is 6.02. The molecule has 2 rings (SSSR count). The molecule has 19 heavy (non-hydrogen) atoms. The fourth-order valence-corrected chi connectivity index (χ4v) is 2.77. The number of hydrogen-bond acceptors (Lipinski definition) is 3. The van der Waals surface area contributed by atoms with E-state index in [0.717, 1.165) is 8.95 Å². The van der Waals surface area contributed by atoms with Crippen molar-refractivity contribution in [3.63, 3.8) is 0 Å². The quantitative estimate of drug-likeness (QED) is 0.371. The number of carbonyl (C=O) groups excluding carboxylic acids is 1. The maximum atomic E-state index is 12.0. The Labute approximate surface area is 126 Å². The minimum absolute atomic E-state index is 0.000868. The van der Waals surface area contributed by atoms with Crippen LogP contribution in [0.3, 0.4) is 0 Å². The highest BCUT2D eigenvalue weighted by Gasteiger charge is 2.31. The van der Waals surface area contributed by atoms with Gasteiger partial charge in [-0.15, -0.1) is 0 Å². The van der Waals surface area contributed by atoms with Crippen molar-refractivity contribution in [2.24, 2.45) is 11.0 Å². The Balaban J connectivity index is 2.25. The molecule has 0 aromatic heterocycles. The first kappa shape index (κ1) is 14.2. The van der Waals surface area contributed by atoms with Gasteiger partial charge in [0, 0.05) is 33.4 Å². The third-order valence-electron chi connectivity index (χ3n) is 2.97. The molecule has 6 nitrogen and oxygen atoms in total. The van der Waals surface area contributed by atoms with Crippen LogP contribution in [-0.4, -0.2) is 19.0 Å². The number of carbonyl (C=O) groups is 1. The van der Waals surface area contributed by atoms with Crippen LogP contribution in [0.15, 0.2) is 26.2 Å². The third kappa shape index (κ3) is 3.02. The minimum Gasteiger partial charge on any atom is -0.397 e. The summed E-state index contributed by atoms with van der Waals surface area (Å²) >= 11 is 6.76. The van der Waals surface area contributed by atoms with Crippen molar-refractivity contribution in [1.29, 1.82) is 0 Å². The summed E-state index contributed by atoms with van der Waals surface area (Å²) in [5, 5.41) is 3.52. The molecule has 1 heterocycles. The lowest BCUT2D eigenvalue weighted by molar-refractivity contribution is -0.117. The Hall–Kier alpha value is -1.24. The largest absolute Gasteiger partial charge is 0.397 e. The van der Waals surface area contributed by atoms with Gasteiger partial charge in [0.15, 0.2) is 0 Å². The summed E-state index contributed by atoms with van der Waals surface area (Å²) in [6.45, 7) is 0.854. The first-order valence-corrected chi connectivity index (χ1v) is 7.17. The molecule has 1 aromatic rings. The molecule has 1 aliphatic rings. The molecule has 1 atom stereocenters. The Morgan fingerprint density at radius 2 is 2.16 bits per heavy atom. The molecular weight excluding hydrogens is 378 g/mol. The second-order valence-electron chi connectivity index (χ2n) is 4.31. The van der Waals surface area contributed by atoms with E-state index >= 15 is 0 Å². The van der Waals surface area contributed by atoms with Crippen molar-refractivity contribution in [2.75, 3.05) is 23.7 Å². The molecule has 0 bridgehead atoms. The van der Waals surface area contributed by atoms with Gasteiger partial charge in [-0.3, -0.25) is 4.79 Å². The number of benzene rings is 1. The molecule has 0 saturated carbocycles. The van der Waals surface area contributed by atoms with Crippen LogP contribution in [0.4, 0.5) is 11.4 Å². The number of halogens is 2. The molecule has 1 saturated heterocycles. The van der Waals surface area contributed by atoms with Crippen LogP contribution in [0.25, 0.3) is 10.4 Å². The summed E-state index contributed by atoms with van der Waals surface area (Å²) < 4.78 is 1.68. The van der Waals surface area contributed by atoms with Crippen LogP contribution in [0.2, 0.25) is 0 Å². The van der Waals surface area contributed by atoms with Crippen LogP contribution in [0, 0.1) is 5.92 Å². The number of anilines is 2. The van der Waals surface area contributed by atoms with Gasteiger partial charge in [-0.2, -0.15) is 0 Å². The number of azide groups is 1. The lowest BCUT2D eigenvalue weighted by atomic mass is 10.1. The van der Waals surface area contributed by atoms with Crippen molar-refractivity contribution in [3.8, 4) is 0 Å². The highest BCUT2D eigenvalue weighted by atomic mass is 79.9. The predicted octanol–water partition coefficient (Wildman–Crippen LogP) is 3.46. The summed E-state index contributed by atoms with van der Waals surface area (Å²) in [4.78, 5) is 16.4. The topological polar surface area (TPSA) is 95.1 Å². The molecule has 0 aliphatic carbocycles. The van der Waals surface area contributed by atoms with E-state index < -0.39 is 0 Å². The summed E-state index contributed by atoms with van der Waals surface area (Å²) in [6, 6.07) is 3.57. The fraction of sp³-hybridized carbons (Fsp3) is 0.364. The average Bonchev–Trinajstić information content (AvgIpc) is 2.72. The SMILES string of the molecule is [N-]=[N+]=NCC1CC(=O)N(c2cc(Br)c(Br)cc2N)C1. The van der Waals surface area contributed by atoms with E-state index in [1.807, 2.05) is 6.07 Å².